The number of aryl methyl sites for hydroxylation is 10. The standard InChI is InChI=1S/C28H26N2S.C27H25N3.C27H24N2.C26H22N2S.8ClH.4Ti/c1-19-13-15-23(21(3)17-19)29-25-9-5-7-11-27(25)31-28-12-8-6-10-26(28)30-24-16-14-20(2)18-22(24)4;1-20-12-4-6-14-22(20)28-24-16-8-10-18-26(24)30(3)27-19-11-9-17-25(27)29-23-15-7-5-13-21(23)2;1-20-11-3-7-15-24(20)28-26-17-9-5-13-22(26)19-23-14-6-10-18-27(23)29-25-16-8-4-12-21(25)2;1-19-11-3-5-13-21(19)27-23-15-7-9-17-25(23)29-26-18-10-8-16-24(26)28-22-14-6-4-12-20(22)2;;;;;;;;;;;;/h5-18H,1-4H3;4-19H,1-3H3;3-18H,19H2,1-2H3;3-18H,1-2H3;8*1H;;;;/q4*-2;;;;;;;;;4*+2/p-8. The summed E-state index contributed by atoms with van der Waals surface area (Å²) in [6.45, 7) is 21.0. The second-order valence-electron chi connectivity index (χ2n) is 29.5. The van der Waals surface area contributed by atoms with E-state index in [0.29, 0.717) is 0 Å². The monoisotopic (exact) mass is 2060 g/mol. The summed E-state index contributed by atoms with van der Waals surface area (Å²) in [5, 5.41) is 39.5. The number of para-hydroxylation sites is 16. The Morgan fingerprint density at radius 3 is 0.611 bits per heavy atom. The molecule has 0 amide bonds. The SMILES string of the molecule is Cc1ccc([N-]c2ccccc2Sc2ccccc2[N-]c2ccc(C)cc2C)c(C)c1.Cc1ccccc1[N-]c1ccccc1Cc1ccccc1[N-]c1ccccc1C.Cc1ccccc1[N-]c1ccccc1N(C)c1ccccc1[N-]c1ccccc1C.Cc1ccccc1[N-]c1ccccc1Sc1ccccc1[N-]c1ccccc1C.[Cl][Ti][Cl].[Cl][Ti][Cl].[Cl][Ti][Cl].[Cl][Ti][Cl]. The second-order valence-corrected chi connectivity index (χ2v) is 42.0. The van der Waals surface area contributed by atoms with Crippen molar-refractivity contribution >= 4 is 200 Å². The summed E-state index contributed by atoms with van der Waals surface area (Å²) in [6, 6.07) is 128. The molecule has 0 radical (unpaired) electrons. The van der Waals surface area contributed by atoms with Crippen LogP contribution in [-0.4, -0.2) is 7.05 Å². The fourth-order valence-electron chi connectivity index (χ4n) is 13.4. The van der Waals surface area contributed by atoms with Gasteiger partial charge in [-0.3, -0.25) is 0 Å². The molecule has 0 saturated heterocycles. The van der Waals surface area contributed by atoms with Crippen LogP contribution in [0, 0.1) is 69.2 Å². The Kier molecular flexibility index (Phi) is 47.6. The molecule has 9 nitrogen and oxygen atoms in total. The Labute approximate surface area is 851 Å². The first-order chi connectivity index (χ1) is 63.7. The quantitative estimate of drug-likeness (QED) is 0.0561. The third kappa shape index (κ3) is 34.8. The van der Waals surface area contributed by atoms with Crippen molar-refractivity contribution in [3.8, 4) is 0 Å². The zero-order valence-corrected chi connectivity index (χ0v) is 88.3. The molecule has 0 heterocycles. The zero-order chi connectivity index (χ0) is 93.7. The van der Waals surface area contributed by atoms with E-state index in [0.717, 1.165) is 140 Å². The molecule has 0 atom stereocenters. The Morgan fingerprint density at radius 2 is 0.374 bits per heavy atom. The van der Waals surface area contributed by atoms with Crippen LogP contribution in [0.15, 0.2) is 396 Å². The summed E-state index contributed by atoms with van der Waals surface area (Å²) in [4.78, 5) is 6.62. The maximum absolute atomic E-state index is 4.96. The van der Waals surface area contributed by atoms with E-state index in [1.165, 1.54) is 55.6 Å². The van der Waals surface area contributed by atoms with Crippen molar-refractivity contribution in [2.45, 2.75) is 95.2 Å². The summed E-state index contributed by atoms with van der Waals surface area (Å²) in [5.74, 6) is 0. The fraction of sp³-hybridized carbons (Fsp3) is 0.111. The van der Waals surface area contributed by atoms with Gasteiger partial charge in [-0.15, -0.1) is 91.0 Å². The van der Waals surface area contributed by atoms with Crippen molar-refractivity contribution in [3.63, 3.8) is 0 Å². The number of benzene rings is 16. The van der Waals surface area contributed by atoms with Crippen LogP contribution in [0.25, 0.3) is 42.5 Å². The van der Waals surface area contributed by atoms with Crippen molar-refractivity contribution in [2.75, 3.05) is 11.9 Å². The van der Waals surface area contributed by atoms with Crippen LogP contribution in [0.2, 0.25) is 0 Å². The minimum absolute atomic E-state index is 0.556. The van der Waals surface area contributed by atoms with Crippen molar-refractivity contribution in [3.05, 3.63) is 485 Å². The van der Waals surface area contributed by atoms with Crippen molar-refractivity contribution < 1.29 is 68.1 Å². The predicted molar refractivity (Wildman–Crippen MR) is 558 cm³/mol. The maximum atomic E-state index is 4.96. The van der Waals surface area contributed by atoms with E-state index >= 15 is 0 Å². The molecular formula is C108H97Cl8N9S2Ti4-8. The predicted octanol–water partition coefficient (Wildman–Crippen LogP) is 41.7. The Morgan fingerprint density at radius 1 is 0.198 bits per heavy atom. The fourth-order valence-corrected chi connectivity index (χ4v) is 15.3. The van der Waals surface area contributed by atoms with Gasteiger partial charge in [-0.2, -0.15) is 0 Å². The van der Waals surface area contributed by atoms with E-state index in [9.17, 15) is 0 Å². The molecule has 131 heavy (non-hydrogen) atoms. The van der Waals surface area contributed by atoms with Crippen molar-refractivity contribution in [1.29, 1.82) is 0 Å². The summed E-state index contributed by atoms with van der Waals surface area (Å²) in [6.07, 6.45) is 0.789. The van der Waals surface area contributed by atoms with Gasteiger partial charge in [-0.25, -0.2) is 0 Å². The van der Waals surface area contributed by atoms with Gasteiger partial charge in [0, 0.05) is 18.4 Å². The number of rotatable bonds is 24. The van der Waals surface area contributed by atoms with E-state index in [4.69, 9.17) is 117 Å². The van der Waals surface area contributed by atoms with Gasteiger partial charge < -0.3 is 47.4 Å². The van der Waals surface area contributed by atoms with Gasteiger partial charge in [0.15, 0.2) is 0 Å². The first kappa shape index (κ1) is 106. The van der Waals surface area contributed by atoms with Gasteiger partial charge in [0.05, 0.1) is 0 Å². The van der Waals surface area contributed by atoms with Crippen molar-refractivity contribution in [1.82, 2.24) is 0 Å². The molecule has 0 aliphatic carbocycles. The molecule has 16 aromatic rings. The van der Waals surface area contributed by atoms with Crippen LogP contribution in [0.4, 0.5) is 102 Å². The van der Waals surface area contributed by atoms with Gasteiger partial charge in [0.2, 0.25) is 0 Å². The summed E-state index contributed by atoms with van der Waals surface area (Å²) in [5.41, 5.74) is 32.1. The molecular weight excluding hydrogens is 1960 g/mol. The van der Waals surface area contributed by atoms with Gasteiger partial charge in [0.25, 0.3) is 0 Å². The molecule has 0 aliphatic rings. The average molecular weight is 2060 g/mol. The summed E-state index contributed by atoms with van der Waals surface area (Å²) < 4.78 is 0. The molecule has 16 rings (SSSR count). The zero-order valence-electron chi connectivity index (χ0n) is 74.4. The van der Waals surface area contributed by atoms with E-state index in [-0.39, 0.29) is 0 Å². The number of hydrogen-bond acceptors (Lipinski definition) is 3. The van der Waals surface area contributed by atoms with Gasteiger partial charge in [-0.05, 0) is 132 Å². The number of hydrogen-bond donors (Lipinski definition) is 0. The first-order valence-corrected chi connectivity index (χ1v) is 60.4. The molecule has 0 spiro atoms. The third-order valence-electron chi connectivity index (χ3n) is 20.1. The van der Waals surface area contributed by atoms with E-state index in [2.05, 4.69) is 312 Å². The van der Waals surface area contributed by atoms with E-state index in [1.54, 1.807) is 23.5 Å². The van der Waals surface area contributed by atoms with Crippen LogP contribution in [0.5, 0.6) is 0 Å². The second kappa shape index (κ2) is 58.7. The van der Waals surface area contributed by atoms with Gasteiger partial charge in [0.1, 0.15) is 0 Å². The van der Waals surface area contributed by atoms with E-state index in [1.807, 2.05) is 146 Å². The molecule has 0 fully saturated rings. The molecule has 0 aliphatic heterocycles. The number of anilines is 2. The number of halogens is 8. The third-order valence-corrected chi connectivity index (χ3v) is 22.3. The van der Waals surface area contributed by atoms with Gasteiger partial charge >= 0.3 is 143 Å². The number of nitrogens with zero attached hydrogens (tertiary/aromatic N) is 9. The molecule has 0 bridgehead atoms. The van der Waals surface area contributed by atoms with Crippen LogP contribution in [0.1, 0.15) is 66.8 Å². The Bertz CT molecular complexity index is 5670. The molecule has 666 valence electrons. The molecule has 0 saturated carbocycles. The Balaban J connectivity index is 0.000000189. The molecule has 16 aromatic carbocycles. The first-order valence-electron chi connectivity index (χ1n) is 41.6. The average Bonchev–Trinajstić information content (AvgIpc) is 0.772. The normalized spacial score (nSPS) is 10.0. The molecule has 23 heteroatoms. The molecule has 0 unspecified atom stereocenters. The Hall–Kier alpha value is -8.40. The van der Waals surface area contributed by atoms with Crippen molar-refractivity contribution in [2.24, 2.45) is 0 Å². The molecule has 0 aromatic heterocycles. The van der Waals surface area contributed by atoms with Crippen LogP contribution in [0.3, 0.4) is 0 Å². The molecule has 0 N–H and O–H groups in total. The van der Waals surface area contributed by atoms with Gasteiger partial charge in [-0.1, -0.05) is 430 Å². The minimum atomic E-state index is -0.556. The topological polar surface area (TPSA) is 116 Å². The van der Waals surface area contributed by atoms with Crippen LogP contribution < -0.4 is 4.90 Å². The van der Waals surface area contributed by atoms with E-state index < -0.39 is 68.1 Å². The van der Waals surface area contributed by atoms with Crippen LogP contribution in [-0.2, 0) is 74.5 Å². The summed E-state index contributed by atoms with van der Waals surface area (Å²) >= 11 is 1.19. The van der Waals surface area contributed by atoms with Crippen LogP contribution >= 0.6 is 98.0 Å². The summed E-state index contributed by atoms with van der Waals surface area (Å²) in [7, 11) is 41.2.